The summed E-state index contributed by atoms with van der Waals surface area (Å²) in [7, 11) is 2.49. The first-order valence-corrected chi connectivity index (χ1v) is 3.99. The SMILES string of the molecule is CC[C@H](C(=O)OC)[C@H](N)C(=O)OC.Cl. The van der Waals surface area contributed by atoms with Crippen LogP contribution in [0.1, 0.15) is 13.3 Å². The lowest BCUT2D eigenvalue weighted by atomic mass is 9.98. The second kappa shape index (κ2) is 7.58. The number of rotatable bonds is 4. The molecule has 6 heteroatoms. The minimum Gasteiger partial charge on any atom is -0.469 e. The van der Waals surface area contributed by atoms with Crippen molar-refractivity contribution in [2.45, 2.75) is 19.4 Å². The van der Waals surface area contributed by atoms with Crippen molar-refractivity contribution in [3.05, 3.63) is 0 Å². The lowest BCUT2D eigenvalue weighted by Gasteiger charge is -2.17. The van der Waals surface area contributed by atoms with Crippen LogP contribution in [-0.4, -0.2) is 32.2 Å². The first-order valence-electron chi connectivity index (χ1n) is 3.99. The Hall–Kier alpha value is -0.810. The van der Waals surface area contributed by atoms with E-state index in [0.717, 1.165) is 0 Å². The summed E-state index contributed by atoms with van der Waals surface area (Å²) < 4.78 is 8.91. The van der Waals surface area contributed by atoms with E-state index in [1.165, 1.54) is 14.2 Å². The molecule has 0 radical (unpaired) electrons. The van der Waals surface area contributed by atoms with Gasteiger partial charge in [0.25, 0.3) is 0 Å². The summed E-state index contributed by atoms with van der Waals surface area (Å²) in [5.41, 5.74) is 5.48. The summed E-state index contributed by atoms with van der Waals surface area (Å²) in [6.45, 7) is 1.75. The fourth-order valence-corrected chi connectivity index (χ4v) is 1.02. The maximum atomic E-state index is 11.1. The number of hydrogen-bond donors (Lipinski definition) is 1. The predicted octanol–water partition coefficient (Wildman–Crippen LogP) is 0.108. The third-order valence-electron chi connectivity index (χ3n) is 1.85. The van der Waals surface area contributed by atoms with Crippen LogP contribution >= 0.6 is 12.4 Å². The molecule has 0 rings (SSSR count). The number of hydrogen-bond acceptors (Lipinski definition) is 5. The second-order valence-corrected chi connectivity index (χ2v) is 2.59. The molecule has 0 bridgehead atoms. The third-order valence-corrected chi connectivity index (χ3v) is 1.85. The zero-order valence-electron chi connectivity index (χ0n) is 8.48. The molecule has 0 aromatic carbocycles. The average molecular weight is 226 g/mol. The summed E-state index contributed by atoms with van der Waals surface area (Å²) in [6, 6.07) is -0.942. The lowest BCUT2D eigenvalue weighted by Crippen LogP contribution is -2.42. The van der Waals surface area contributed by atoms with E-state index >= 15 is 0 Å². The Balaban J connectivity index is 0. The van der Waals surface area contributed by atoms with Crippen molar-refractivity contribution in [2.24, 2.45) is 11.7 Å². The molecule has 0 aromatic heterocycles. The van der Waals surface area contributed by atoms with Crippen molar-refractivity contribution < 1.29 is 19.1 Å². The summed E-state index contributed by atoms with van der Waals surface area (Å²) in [4.78, 5) is 22.1. The van der Waals surface area contributed by atoms with Gasteiger partial charge in [0.1, 0.15) is 6.04 Å². The summed E-state index contributed by atoms with van der Waals surface area (Å²) in [5, 5.41) is 0. The van der Waals surface area contributed by atoms with Crippen molar-refractivity contribution >= 4 is 24.3 Å². The van der Waals surface area contributed by atoms with E-state index in [1.807, 2.05) is 0 Å². The molecular formula is C8H16ClNO4. The Morgan fingerprint density at radius 2 is 1.64 bits per heavy atom. The van der Waals surface area contributed by atoms with Crippen molar-refractivity contribution in [3.63, 3.8) is 0 Å². The minimum atomic E-state index is -0.942. The highest BCUT2D eigenvalue weighted by Gasteiger charge is 2.30. The highest BCUT2D eigenvalue weighted by Crippen LogP contribution is 2.10. The van der Waals surface area contributed by atoms with Gasteiger partial charge < -0.3 is 15.2 Å². The van der Waals surface area contributed by atoms with Crippen molar-refractivity contribution in [1.29, 1.82) is 0 Å². The highest BCUT2D eigenvalue weighted by molar-refractivity contribution is 5.85. The maximum Gasteiger partial charge on any atom is 0.323 e. The van der Waals surface area contributed by atoms with Gasteiger partial charge in [-0.25, -0.2) is 0 Å². The Bertz CT molecular complexity index is 198. The fourth-order valence-electron chi connectivity index (χ4n) is 1.02. The normalized spacial score (nSPS) is 13.4. The van der Waals surface area contributed by atoms with Crippen LogP contribution in [0.3, 0.4) is 0 Å². The number of ether oxygens (including phenoxy) is 2. The number of carbonyl (C=O) groups is 2. The molecule has 0 fully saturated rings. The number of carbonyl (C=O) groups excluding carboxylic acids is 2. The van der Waals surface area contributed by atoms with Gasteiger partial charge in [-0.1, -0.05) is 6.92 Å². The Morgan fingerprint density at radius 3 is 1.93 bits per heavy atom. The van der Waals surface area contributed by atoms with E-state index in [9.17, 15) is 9.59 Å². The molecular weight excluding hydrogens is 210 g/mol. The largest absolute Gasteiger partial charge is 0.469 e. The molecule has 84 valence electrons. The molecule has 2 atom stereocenters. The van der Waals surface area contributed by atoms with Gasteiger partial charge in [0, 0.05) is 0 Å². The molecule has 0 unspecified atom stereocenters. The van der Waals surface area contributed by atoms with Gasteiger partial charge in [-0.2, -0.15) is 0 Å². The first kappa shape index (κ1) is 15.7. The van der Waals surface area contributed by atoms with E-state index in [0.29, 0.717) is 6.42 Å². The standard InChI is InChI=1S/C8H15NO4.ClH/c1-4-5(7(10)12-2)6(9)8(11)13-3;/h5-6H,4,9H2,1-3H3;1H/t5-,6-;/m0./s1. The first-order chi connectivity index (χ1) is 6.08. The van der Waals surface area contributed by atoms with Crippen LogP contribution in [0.5, 0.6) is 0 Å². The van der Waals surface area contributed by atoms with Gasteiger partial charge in [-0.15, -0.1) is 12.4 Å². The molecule has 14 heavy (non-hydrogen) atoms. The van der Waals surface area contributed by atoms with Crippen LogP contribution in [0.15, 0.2) is 0 Å². The number of esters is 2. The van der Waals surface area contributed by atoms with Gasteiger partial charge in [0.15, 0.2) is 0 Å². The van der Waals surface area contributed by atoms with Gasteiger partial charge in [-0.3, -0.25) is 9.59 Å². The van der Waals surface area contributed by atoms with Crippen LogP contribution in [0, 0.1) is 5.92 Å². The van der Waals surface area contributed by atoms with E-state index in [2.05, 4.69) is 9.47 Å². The van der Waals surface area contributed by atoms with Gasteiger partial charge >= 0.3 is 11.9 Å². The number of methoxy groups -OCH3 is 2. The van der Waals surface area contributed by atoms with Gasteiger partial charge in [0.05, 0.1) is 20.1 Å². The maximum absolute atomic E-state index is 11.1. The minimum absolute atomic E-state index is 0. The van der Waals surface area contributed by atoms with Gasteiger partial charge in [0.2, 0.25) is 0 Å². The summed E-state index contributed by atoms with van der Waals surface area (Å²) in [6.07, 6.45) is 0.447. The zero-order chi connectivity index (χ0) is 10.4. The Kier molecular flexibility index (Phi) is 8.48. The van der Waals surface area contributed by atoms with Crippen molar-refractivity contribution in [2.75, 3.05) is 14.2 Å². The smallest absolute Gasteiger partial charge is 0.323 e. The monoisotopic (exact) mass is 225 g/mol. The molecule has 0 saturated heterocycles. The molecule has 0 aliphatic heterocycles. The van der Waals surface area contributed by atoms with Crippen molar-refractivity contribution in [1.82, 2.24) is 0 Å². The van der Waals surface area contributed by atoms with Crippen LogP contribution in [-0.2, 0) is 19.1 Å². The highest BCUT2D eigenvalue weighted by atomic mass is 35.5. The van der Waals surface area contributed by atoms with Crippen LogP contribution in [0.2, 0.25) is 0 Å². The average Bonchev–Trinajstić information content (AvgIpc) is 2.17. The van der Waals surface area contributed by atoms with Crippen LogP contribution in [0.4, 0.5) is 0 Å². The molecule has 0 heterocycles. The van der Waals surface area contributed by atoms with E-state index in [-0.39, 0.29) is 12.4 Å². The molecule has 0 aromatic rings. The zero-order valence-corrected chi connectivity index (χ0v) is 9.30. The molecule has 2 N–H and O–H groups in total. The number of nitrogens with two attached hydrogens (primary N) is 1. The molecule has 0 spiro atoms. The Labute approximate surface area is 89.3 Å². The molecule has 0 aliphatic rings. The Morgan fingerprint density at radius 1 is 1.21 bits per heavy atom. The van der Waals surface area contributed by atoms with Crippen LogP contribution < -0.4 is 5.73 Å². The third kappa shape index (κ3) is 3.93. The topological polar surface area (TPSA) is 78.6 Å². The van der Waals surface area contributed by atoms with E-state index in [4.69, 9.17) is 5.73 Å². The predicted molar refractivity (Wildman–Crippen MR) is 53.0 cm³/mol. The summed E-state index contributed by atoms with van der Waals surface area (Å²) in [5.74, 6) is -1.71. The quantitative estimate of drug-likeness (QED) is 0.687. The number of halogens is 1. The second-order valence-electron chi connectivity index (χ2n) is 2.59. The molecule has 0 amide bonds. The lowest BCUT2D eigenvalue weighted by molar-refractivity contribution is -0.153. The molecule has 0 saturated carbocycles. The fraction of sp³-hybridized carbons (Fsp3) is 0.750. The molecule has 5 nitrogen and oxygen atoms in total. The van der Waals surface area contributed by atoms with E-state index < -0.39 is 23.9 Å². The van der Waals surface area contributed by atoms with Gasteiger partial charge in [-0.05, 0) is 6.42 Å². The molecule has 0 aliphatic carbocycles. The van der Waals surface area contributed by atoms with E-state index in [1.54, 1.807) is 6.92 Å². The van der Waals surface area contributed by atoms with Crippen molar-refractivity contribution in [3.8, 4) is 0 Å². The van der Waals surface area contributed by atoms with Crippen LogP contribution in [0.25, 0.3) is 0 Å². The summed E-state index contributed by atoms with van der Waals surface area (Å²) >= 11 is 0.